The molecule has 0 saturated heterocycles. The molecule has 1 aliphatic carbocycles. The van der Waals surface area contributed by atoms with Gasteiger partial charge in [0, 0.05) is 34.7 Å². The zero-order valence-corrected chi connectivity index (χ0v) is 11.5. The highest BCUT2D eigenvalue weighted by Crippen LogP contribution is 2.64. The third kappa shape index (κ3) is 1.42. The lowest BCUT2D eigenvalue weighted by Crippen LogP contribution is -2.21. The highest BCUT2D eigenvalue weighted by atomic mass is 79.9. The van der Waals surface area contributed by atoms with Crippen LogP contribution in [0, 0.1) is 0 Å². The van der Waals surface area contributed by atoms with Gasteiger partial charge in [0.2, 0.25) is 5.91 Å². The van der Waals surface area contributed by atoms with Gasteiger partial charge in [-0.1, -0.05) is 15.9 Å². The number of carbonyl (C=O) groups is 1. The highest BCUT2D eigenvalue weighted by Gasteiger charge is 2.65. The Bertz CT molecular complexity index is 688. The van der Waals surface area contributed by atoms with Crippen LogP contribution in [0.3, 0.4) is 0 Å². The summed E-state index contributed by atoms with van der Waals surface area (Å²) in [6, 6.07) is 5.92. The van der Waals surface area contributed by atoms with Crippen molar-refractivity contribution in [3.05, 3.63) is 52.5 Å². The quantitative estimate of drug-likeness (QED) is 0.880. The van der Waals surface area contributed by atoms with Crippen molar-refractivity contribution < 1.29 is 4.79 Å². The summed E-state index contributed by atoms with van der Waals surface area (Å²) in [5, 5.41) is 2.97. The van der Waals surface area contributed by atoms with Crippen molar-refractivity contribution in [2.75, 3.05) is 5.32 Å². The minimum absolute atomic E-state index is 0.0799. The van der Waals surface area contributed by atoms with E-state index in [4.69, 9.17) is 0 Å². The average molecular weight is 316 g/mol. The average Bonchev–Trinajstić information content (AvgIpc) is 3.12. The van der Waals surface area contributed by atoms with Crippen LogP contribution in [0.1, 0.15) is 23.6 Å². The normalized spacial score (nSPS) is 27.2. The van der Waals surface area contributed by atoms with Gasteiger partial charge in [0.05, 0.1) is 11.1 Å². The maximum atomic E-state index is 12.3. The number of anilines is 1. The molecular formula is C14H10BrN3O. The molecule has 4 rings (SSSR count). The summed E-state index contributed by atoms with van der Waals surface area (Å²) >= 11 is 3.47. The van der Waals surface area contributed by atoms with E-state index in [0.717, 1.165) is 27.8 Å². The predicted molar refractivity (Wildman–Crippen MR) is 73.8 cm³/mol. The second kappa shape index (κ2) is 3.63. The van der Waals surface area contributed by atoms with Gasteiger partial charge in [0.25, 0.3) is 0 Å². The van der Waals surface area contributed by atoms with Crippen LogP contribution in [0.4, 0.5) is 5.69 Å². The Labute approximate surface area is 118 Å². The number of rotatable bonds is 1. The first kappa shape index (κ1) is 11.1. The largest absolute Gasteiger partial charge is 0.325 e. The maximum Gasteiger partial charge on any atom is 0.235 e. The summed E-state index contributed by atoms with van der Waals surface area (Å²) in [5.74, 6) is 0.216. The highest BCUT2D eigenvalue weighted by molar-refractivity contribution is 9.10. The fourth-order valence-corrected chi connectivity index (χ4v) is 3.37. The van der Waals surface area contributed by atoms with E-state index in [1.54, 1.807) is 18.6 Å². The van der Waals surface area contributed by atoms with E-state index in [-0.39, 0.29) is 11.8 Å². The van der Waals surface area contributed by atoms with E-state index >= 15 is 0 Å². The number of carbonyl (C=O) groups excluding carboxylic acids is 1. The lowest BCUT2D eigenvalue weighted by atomic mass is 9.94. The molecule has 2 heterocycles. The zero-order chi connectivity index (χ0) is 13.0. The predicted octanol–water partition coefficient (Wildman–Crippen LogP) is 2.62. The number of fused-ring (bicyclic) bond motifs is 2. The van der Waals surface area contributed by atoms with Crippen LogP contribution in [-0.2, 0) is 10.2 Å². The van der Waals surface area contributed by atoms with Gasteiger partial charge in [-0.25, -0.2) is 0 Å². The van der Waals surface area contributed by atoms with Crippen LogP contribution in [0.2, 0.25) is 0 Å². The Kier molecular flexibility index (Phi) is 2.12. The van der Waals surface area contributed by atoms with Gasteiger partial charge in [0.15, 0.2) is 0 Å². The van der Waals surface area contributed by atoms with Crippen LogP contribution in [0.25, 0.3) is 0 Å². The Morgan fingerprint density at radius 1 is 1.37 bits per heavy atom. The summed E-state index contributed by atoms with van der Waals surface area (Å²) in [4.78, 5) is 20.8. The first-order chi connectivity index (χ1) is 9.22. The number of nitrogens with zero attached hydrogens (tertiary/aromatic N) is 2. The molecule has 1 spiro atoms. The molecule has 1 N–H and O–H groups in total. The molecule has 1 aromatic carbocycles. The Hall–Kier alpha value is -1.75. The molecule has 19 heavy (non-hydrogen) atoms. The van der Waals surface area contributed by atoms with E-state index < -0.39 is 5.41 Å². The molecule has 2 aliphatic rings. The van der Waals surface area contributed by atoms with Gasteiger partial charge in [-0.05, 0) is 30.2 Å². The SMILES string of the molecule is O=C1Nc2ccc(Br)cc2[C@]12C[C@H]2c1cnccn1. The molecule has 1 aliphatic heterocycles. The Morgan fingerprint density at radius 2 is 2.26 bits per heavy atom. The van der Waals surface area contributed by atoms with Crippen molar-refractivity contribution in [1.82, 2.24) is 9.97 Å². The topological polar surface area (TPSA) is 54.9 Å². The molecule has 0 unspecified atom stereocenters. The van der Waals surface area contributed by atoms with Gasteiger partial charge in [-0.2, -0.15) is 0 Å². The molecule has 0 bridgehead atoms. The van der Waals surface area contributed by atoms with E-state index in [1.165, 1.54) is 0 Å². The molecule has 2 aromatic rings. The lowest BCUT2D eigenvalue weighted by molar-refractivity contribution is -0.118. The van der Waals surface area contributed by atoms with Crippen LogP contribution >= 0.6 is 15.9 Å². The van der Waals surface area contributed by atoms with E-state index in [1.807, 2.05) is 18.2 Å². The second-order valence-corrected chi connectivity index (χ2v) is 5.92. The number of hydrogen-bond acceptors (Lipinski definition) is 3. The van der Waals surface area contributed by atoms with Gasteiger partial charge in [-0.3, -0.25) is 14.8 Å². The summed E-state index contributed by atoms with van der Waals surface area (Å²) < 4.78 is 0.993. The minimum Gasteiger partial charge on any atom is -0.325 e. The van der Waals surface area contributed by atoms with Crippen LogP contribution in [-0.4, -0.2) is 15.9 Å². The second-order valence-electron chi connectivity index (χ2n) is 5.00. The lowest BCUT2D eigenvalue weighted by Gasteiger charge is -2.08. The Morgan fingerprint density at radius 3 is 3.05 bits per heavy atom. The third-order valence-corrected chi connectivity index (χ3v) is 4.51. The molecule has 1 amide bonds. The molecule has 1 aromatic heterocycles. The summed E-state index contributed by atoms with van der Waals surface area (Å²) in [6.45, 7) is 0. The number of hydrogen-bond donors (Lipinski definition) is 1. The van der Waals surface area contributed by atoms with Crippen LogP contribution in [0.5, 0.6) is 0 Å². The molecule has 1 fully saturated rings. The summed E-state index contributed by atoms with van der Waals surface area (Å²) in [7, 11) is 0. The number of halogens is 1. The van der Waals surface area contributed by atoms with Crippen molar-refractivity contribution >= 4 is 27.5 Å². The fraction of sp³-hybridized carbons (Fsp3) is 0.214. The molecular weight excluding hydrogens is 306 g/mol. The number of benzene rings is 1. The fourth-order valence-electron chi connectivity index (χ4n) is 3.01. The van der Waals surface area contributed by atoms with Crippen molar-refractivity contribution in [3.63, 3.8) is 0 Å². The standard InChI is InChI=1S/C14H10BrN3O/c15-8-1-2-11-9(5-8)14(13(19)18-11)6-10(14)12-7-16-3-4-17-12/h1-5,7,10H,6H2,(H,18,19)/t10-,14-/m0/s1. The monoisotopic (exact) mass is 315 g/mol. The maximum absolute atomic E-state index is 12.3. The number of aromatic nitrogens is 2. The number of nitrogens with one attached hydrogen (secondary N) is 1. The van der Waals surface area contributed by atoms with Crippen LogP contribution in [0.15, 0.2) is 41.3 Å². The van der Waals surface area contributed by atoms with Crippen molar-refractivity contribution in [2.24, 2.45) is 0 Å². The minimum atomic E-state index is -0.435. The van der Waals surface area contributed by atoms with E-state index in [9.17, 15) is 4.79 Å². The summed E-state index contributed by atoms with van der Waals surface area (Å²) in [6.07, 6.45) is 5.89. The number of amides is 1. The van der Waals surface area contributed by atoms with Gasteiger partial charge in [-0.15, -0.1) is 0 Å². The Balaban J connectivity index is 1.82. The van der Waals surface area contributed by atoms with Crippen molar-refractivity contribution in [2.45, 2.75) is 17.8 Å². The third-order valence-electron chi connectivity index (χ3n) is 4.02. The van der Waals surface area contributed by atoms with Gasteiger partial charge < -0.3 is 5.32 Å². The smallest absolute Gasteiger partial charge is 0.235 e. The molecule has 5 heteroatoms. The first-order valence-corrected chi connectivity index (χ1v) is 6.88. The molecule has 1 saturated carbocycles. The zero-order valence-electron chi connectivity index (χ0n) is 9.93. The van der Waals surface area contributed by atoms with Crippen molar-refractivity contribution in [3.8, 4) is 0 Å². The molecule has 2 atom stereocenters. The van der Waals surface area contributed by atoms with Gasteiger partial charge in [0.1, 0.15) is 0 Å². The molecule has 94 valence electrons. The van der Waals surface area contributed by atoms with Gasteiger partial charge >= 0.3 is 0 Å². The molecule has 4 nitrogen and oxygen atoms in total. The molecule has 0 radical (unpaired) electrons. The van der Waals surface area contributed by atoms with Crippen LogP contribution < -0.4 is 5.32 Å². The summed E-state index contributed by atoms with van der Waals surface area (Å²) in [5.41, 5.74) is 2.45. The first-order valence-electron chi connectivity index (χ1n) is 6.09. The van der Waals surface area contributed by atoms with E-state index in [2.05, 4.69) is 31.2 Å². The van der Waals surface area contributed by atoms with E-state index in [0.29, 0.717) is 0 Å². The van der Waals surface area contributed by atoms with Crippen molar-refractivity contribution in [1.29, 1.82) is 0 Å².